The predicted octanol–water partition coefficient (Wildman–Crippen LogP) is 0.867. The molecule has 3 nitrogen and oxygen atoms in total. The van der Waals surface area contributed by atoms with E-state index in [2.05, 4.69) is 9.97 Å². The molecule has 1 aromatic rings. The van der Waals surface area contributed by atoms with Gasteiger partial charge in [-0.25, -0.2) is 9.97 Å². The molecule has 10 heavy (non-hydrogen) atoms. The van der Waals surface area contributed by atoms with Crippen molar-refractivity contribution in [3.05, 3.63) is 17.5 Å². The largest absolute Gasteiger partial charge is 0.253 e. The fourth-order valence-electron chi connectivity index (χ4n) is 0.475. The van der Waals surface area contributed by atoms with Crippen LogP contribution in [0.3, 0.4) is 0 Å². The van der Waals surface area contributed by atoms with E-state index in [1.807, 2.05) is 0 Å². The molecule has 0 amide bonds. The van der Waals surface area contributed by atoms with Gasteiger partial charge >= 0.3 is 0 Å². The van der Waals surface area contributed by atoms with Gasteiger partial charge in [-0.2, -0.15) is 0 Å². The molecule has 0 N–H and O–H groups in total. The number of hydrogen-bond donors (Lipinski definition) is 0. The Morgan fingerprint density at radius 2 is 2.30 bits per heavy atom. The Hall–Kier alpha value is -0.480. The van der Waals surface area contributed by atoms with Crippen LogP contribution in [-0.2, 0) is 10.8 Å². The Balaban J connectivity index is 3.07. The second-order valence-electron chi connectivity index (χ2n) is 1.63. The van der Waals surface area contributed by atoms with Gasteiger partial charge in [-0.3, -0.25) is 4.21 Å². The van der Waals surface area contributed by atoms with Crippen molar-refractivity contribution >= 4 is 22.4 Å². The second-order valence-corrected chi connectivity index (χ2v) is 3.35. The predicted molar refractivity (Wildman–Crippen MR) is 39.4 cm³/mol. The average Bonchev–Trinajstić information content (AvgIpc) is 1.88. The monoisotopic (exact) mass is 176 g/mol. The van der Waals surface area contributed by atoms with Crippen molar-refractivity contribution in [1.82, 2.24) is 9.97 Å². The van der Waals surface area contributed by atoms with Crippen LogP contribution in [0.25, 0.3) is 0 Å². The highest BCUT2D eigenvalue weighted by molar-refractivity contribution is 7.84. The first-order chi connectivity index (χ1) is 4.70. The van der Waals surface area contributed by atoms with E-state index in [-0.39, 0.29) is 0 Å². The maximum atomic E-state index is 10.8. The number of rotatable bonds is 1. The van der Waals surface area contributed by atoms with Crippen molar-refractivity contribution < 1.29 is 4.21 Å². The SMILES string of the molecule is CS(=O)c1cc(Cl)ncn1. The van der Waals surface area contributed by atoms with Crippen LogP contribution in [-0.4, -0.2) is 20.4 Å². The summed E-state index contributed by atoms with van der Waals surface area (Å²) in [4.78, 5) is 7.39. The van der Waals surface area contributed by atoms with Gasteiger partial charge in [-0.1, -0.05) is 11.6 Å². The van der Waals surface area contributed by atoms with Gasteiger partial charge in [0, 0.05) is 12.3 Å². The molecule has 0 saturated heterocycles. The van der Waals surface area contributed by atoms with Gasteiger partial charge < -0.3 is 0 Å². The first-order valence-corrected chi connectivity index (χ1v) is 4.45. The zero-order valence-corrected chi connectivity index (χ0v) is 6.82. The first-order valence-electron chi connectivity index (χ1n) is 2.51. The lowest BCUT2D eigenvalue weighted by atomic mass is 10.7. The van der Waals surface area contributed by atoms with Crippen molar-refractivity contribution in [1.29, 1.82) is 0 Å². The molecule has 0 radical (unpaired) electrons. The van der Waals surface area contributed by atoms with Crippen LogP contribution in [0.1, 0.15) is 0 Å². The molecule has 1 unspecified atom stereocenters. The van der Waals surface area contributed by atoms with E-state index in [0.717, 1.165) is 0 Å². The van der Waals surface area contributed by atoms with Gasteiger partial charge in [-0.05, 0) is 0 Å². The third-order valence-electron chi connectivity index (χ3n) is 0.903. The van der Waals surface area contributed by atoms with Gasteiger partial charge in [0.15, 0.2) is 0 Å². The fraction of sp³-hybridized carbons (Fsp3) is 0.200. The topological polar surface area (TPSA) is 42.9 Å². The minimum absolute atomic E-state index is 0.320. The molecule has 0 fully saturated rings. The van der Waals surface area contributed by atoms with Crippen molar-refractivity contribution in [2.24, 2.45) is 0 Å². The summed E-state index contributed by atoms with van der Waals surface area (Å²) in [6.45, 7) is 0. The van der Waals surface area contributed by atoms with E-state index < -0.39 is 10.8 Å². The highest BCUT2D eigenvalue weighted by Crippen LogP contribution is 2.05. The van der Waals surface area contributed by atoms with Crippen molar-refractivity contribution in [3.8, 4) is 0 Å². The highest BCUT2D eigenvalue weighted by Gasteiger charge is 1.98. The van der Waals surface area contributed by atoms with Gasteiger partial charge in [-0.15, -0.1) is 0 Å². The van der Waals surface area contributed by atoms with E-state index in [1.165, 1.54) is 12.4 Å². The van der Waals surface area contributed by atoms with Crippen LogP contribution in [0.2, 0.25) is 5.15 Å². The van der Waals surface area contributed by atoms with E-state index in [9.17, 15) is 4.21 Å². The molecular formula is C5H5ClN2OS. The van der Waals surface area contributed by atoms with Gasteiger partial charge in [0.2, 0.25) is 0 Å². The molecule has 0 aliphatic carbocycles. The average molecular weight is 177 g/mol. The molecule has 0 aromatic carbocycles. The smallest absolute Gasteiger partial charge is 0.133 e. The van der Waals surface area contributed by atoms with Crippen molar-refractivity contribution in [2.75, 3.05) is 6.26 Å². The number of halogens is 1. The van der Waals surface area contributed by atoms with Gasteiger partial charge in [0.05, 0.1) is 10.8 Å². The van der Waals surface area contributed by atoms with Crippen molar-refractivity contribution in [3.63, 3.8) is 0 Å². The normalized spacial score (nSPS) is 13.0. The lowest BCUT2D eigenvalue weighted by molar-refractivity contribution is 0.683. The molecule has 0 spiro atoms. The van der Waals surface area contributed by atoms with E-state index in [1.54, 1.807) is 6.26 Å². The molecule has 0 aliphatic heterocycles. The van der Waals surface area contributed by atoms with E-state index >= 15 is 0 Å². The summed E-state index contributed by atoms with van der Waals surface area (Å²) in [5.41, 5.74) is 0. The minimum atomic E-state index is -1.07. The summed E-state index contributed by atoms with van der Waals surface area (Å²) in [6, 6.07) is 1.48. The molecular weight excluding hydrogens is 172 g/mol. The van der Waals surface area contributed by atoms with Crippen LogP contribution in [0.4, 0.5) is 0 Å². The molecule has 1 heterocycles. The molecule has 1 atom stereocenters. The quantitative estimate of drug-likeness (QED) is 0.597. The second kappa shape index (κ2) is 3.07. The zero-order valence-electron chi connectivity index (χ0n) is 5.24. The maximum absolute atomic E-state index is 10.8. The van der Waals surface area contributed by atoms with Gasteiger partial charge in [0.25, 0.3) is 0 Å². The Kier molecular flexibility index (Phi) is 2.34. The zero-order chi connectivity index (χ0) is 7.56. The lowest BCUT2D eigenvalue weighted by Crippen LogP contribution is -1.92. The maximum Gasteiger partial charge on any atom is 0.133 e. The molecule has 0 saturated carbocycles. The molecule has 5 heteroatoms. The first kappa shape index (κ1) is 7.63. The van der Waals surface area contributed by atoms with Crippen LogP contribution < -0.4 is 0 Å². The number of aromatic nitrogens is 2. The Morgan fingerprint density at radius 3 is 2.70 bits per heavy atom. The summed E-state index contributed by atoms with van der Waals surface area (Å²) in [5.74, 6) is 0. The molecule has 0 bridgehead atoms. The molecule has 1 aromatic heterocycles. The molecule has 1 rings (SSSR count). The van der Waals surface area contributed by atoms with Gasteiger partial charge in [0.1, 0.15) is 16.5 Å². The Labute approximate surface area is 65.9 Å². The van der Waals surface area contributed by atoms with Crippen molar-refractivity contribution in [2.45, 2.75) is 5.03 Å². The third-order valence-corrected chi connectivity index (χ3v) is 1.92. The number of hydrogen-bond acceptors (Lipinski definition) is 3. The summed E-state index contributed by atoms with van der Waals surface area (Å²) < 4.78 is 10.8. The highest BCUT2D eigenvalue weighted by atomic mass is 35.5. The third kappa shape index (κ3) is 1.75. The Bertz CT molecular complexity index is 266. The van der Waals surface area contributed by atoms with Crippen LogP contribution >= 0.6 is 11.6 Å². The van der Waals surface area contributed by atoms with Crippen LogP contribution in [0.15, 0.2) is 17.4 Å². The summed E-state index contributed by atoms with van der Waals surface area (Å²) >= 11 is 5.50. The lowest BCUT2D eigenvalue weighted by Gasteiger charge is -1.92. The number of nitrogens with zero attached hydrogens (tertiary/aromatic N) is 2. The molecule has 0 aliphatic rings. The van der Waals surface area contributed by atoms with Crippen LogP contribution in [0, 0.1) is 0 Å². The summed E-state index contributed by atoms with van der Waals surface area (Å²) in [7, 11) is -1.07. The summed E-state index contributed by atoms with van der Waals surface area (Å²) in [6.07, 6.45) is 2.83. The Morgan fingerprint density at radius 1 is 1.60 bits per heavy atom. The fourth-order valence-corrected chi connectivity index (χ4v) is 1.16. The summed E-state index contributed by atoms with van der Waals surface area (Å²) in [5, 5.41) is 0.778. The van der Waals surface area contributed by atoms with E-state index in [0.29, 0.717) is 10.2 Å². The molecule has 54 valence electrons. The standard InChI is InChI=1S/C5H5ClN2OS/c1-10(9)5-2-4(6)7-3-8-5/h2-3H,1H3. The van der Waals surface area contributed by atoms with Crippen LogP contribution in [0.5, 0.6) is 0 Å². The minimum Gasteiger partial charge on any atom is -0.253 e. The van der Waals surface area contributed by atoms with E-state index in [4.69, 9.17) is 11.6 Å².